The van der Waals surface area contributed by atoms with E-state index in [1.165, 1.54) is 11.3 Å². The summed E-state index contributed by atoms with van der Waals surface area (Å²) in [5.74, 6) is -2.71. The summed E-state index contributed by atoms with van der Waals surface area (Å²) in [5, 5.41) is 6.42. The minimum Gasteiger partial charge on any atom is -0.454 e. The fraction of sp³-hybridized carbons (Fsp3) is 0.438. The lowest BCUT2D eigenvalue weighted by Gasteiger charge is -2.19. The Labute approximate surface area is 152 Å². The second-order valence-electron chi connectivity index (χ2n) is 6.13. The Balaban J connectivity index is 1.47. The van der Waals surface area contributed by atoms with Crippen LogP contribution in [0.2, 0.25) is 0 Å². The Hall–Kier alpha value is -2.75. The van der Waals surface area contributed by atoms with Gasteiger partial charge >= 0.3 is 12.0 Å². The summed E-state index contributed by atoms with van der Waals surface area (Å²) in [6, 6.07) is 2.58. The number of imide groups is 2. The van der Waals surface area contributed by atoms with Crippen LogP contribution in [0.5, 0.6) is 0 Å². The standard InChI is InChI=1S/C16H17N3O6S/c20-11(17-13(22)10-4-3-7-26-10)9-25-12(21)8-19-14(23)16(18-15(19)24)5-1-2-6-16/h3-4,7H,1-2,5-6,8-9H2,(H,18,24)(H,17,20,22). The number of rotatable bonds is 5. The zero-order chi connectivity index (χ0) is 18.7. The van der Waals surface area contributed by atoms with E-state index in [-0.39, 0.29) is 0 Å². The fourth-order valence-corrected chi connectivity index (χ4v) is 3.71. The Morgan fingerprint density at radius 2 is 2.00 bits per heavy atom. The third kappa shape index (κ3) is 3.59. The summed E-state index contributed by atoms with van der Waals surface area (Å²) in [7, 11) is 0. The molecule has 3 rings (SSSR count). The third-order valence-corrected chi connectivity index (χ3v) is 5.22. The first-order chi connectivity index (χ1) is 12.4. The van der Waals surface area contributed by atoms with Crippen molar-refractivity contribution in [1.29, 1.82) is 0 Å². The monoisotopic (exact) mass is 379 g/mol. The van der Waals surface area contributed by atoms with Gasteiger partial charge in [0.1, 0.15) is 12.1 Å². The molecule has 138 valence electrons. The maximum absolute atomic E-state index is 12.4. The van der Waals surface area contributed by atoms with Crippen LogP contribution in [0.25, 0.3) is 0 Å². The number of urea groups is 1. The van der Waals surface area contributed by atoms with Crippen LogP contribution >= 0.6 is 11.3 Å². The number of thiophene rings is 1. The number of nitrogens with one attached hydrogen (secondary N) is 2. The van der Waals surface area contributed by atoms with Crippen molar-refractivity contribution >= 4 is 41.1 Å². The van der Waals surface area contributed by atoms with Crippen LogP contribution in [0.3, 0.4) is 0 Å². The highest BCUT2D eigenvalue weighted by atomic mass is 32.1. The lowest BCUT2D eigenvalue weighted by molar-refractivity contribution is -0.150. The molecule has 1 aromatic heterocycles. The molecule has 2 heterocycles. The van der Waals surface area contributed by atoms with Crippen LogP contribution in [0.4, 0.5) is 4.79 Å². The van der Waals surface area contributed by atoms with E-state index < -0.39 is 48.4 Å². The van der Waals surface area contributed by atoms with Gasteiger partial charge in [-0.25, -0.2) is 4.79 Å². The van der Waals surface area contributed by atoms with Crippen LogP contribution in [-0.2, 0) is 19.1 Å². The highest BCUT2D eigenvalue weighted by Gasteiger charge is 2.52. The van der Waals surface area contributed by atoms with Gasteiger partial charge in [0.2, 0.25) is 0 Å². The van der Waals surface area contributed by atoms with E-state index in [9.17, 15) is 24.0 Å². The molecule has 0 radical (unpaired) electrons. The minimum absolute atomic E-state index is 0.353. The molecule has 0 unspecified atom stereocenters. The average molecular weight is 379 g/mol. The normalized spacial score (nSPS) is 18.1. The molecule has 1 aliphatic carbocycles. The molecule has 9 nitrogen and oxygen atoms in total. The number of hydrogen-bond donors (Lipinski definition) is 2. The Bertz CT molecular complexity index is 754. The Kier molecular flexibility index (Phi) is 5.03. The summed E-state index contributed by atoms with van der Waals surface area (Å²) in [6.45, 7) is -1.25. The van der Waals surface area contributed by atoms with Crippen molar-refractivity contribution in [2.75, 3.05) is 13.2 Å². The molecular formula is C16H17N3O6S. The number of carbonyl (C=O) groups excluding carboxylic acids is 5. The molecule has 2 aliphatic rings. The minimum atomic E-state index is -0.901. The Morgan fingerprint density at radius 3 is 2.65 bits per heavy atom. The van der Waals surface area contributed by atoms with Crippen LogP contribution in [0.15, 0.2) is 17.5 Å². The largest absolute Gasteiger partial charge is 0.454 e. The number of ether oxygens (including phenoxy) is 1. The van der Waals surface area contributed by atoms with E-state index in [1.807, 2.05) is 0 Å². The first-order valence-electron chi connectivity index (χ1n) is 8.09. The molecule has 1 spiro atoms. The van der Waals surface area contributed by atoms with Gasteiger partial charge in [-0.3, -0.25) is 29.4 Å². The molecule has 1 aliphatic heterocycles. The van der Waals surface area contributed by atoms with Crippen molar-refractivity contribution in [2.45, 2.75) is 31.2 Å². The number of esters is 1. The van der Waals surface area contributed by atoms with E-state index >= 15 is 0 Å². The van der Waals surface area contributed by atoms with Gasteiger partial charge in [-0.05, 0) is 24.3 Å². The molecule has 0 aromatic carbocycles. The molecule has 26 heavy (non-hydrogen) atoms. The molecule has 1 saturated heterocycles. The van der Waals surface area contributed by atoms with E-state index in [2.05, 4.69) is 10.6 Å². The number of nitrogens with zero attached hydrogens (tertiary/aromatic N) is 1. The summed E-state index contributed by atoms with van der Waals surface area (Å²) >= 11 is 1.17. The van der Waals surface area contributed by atoms with E-state index in [4.69, 9.17) is 4.74 Å². The van der Waals surface area contributed by atoms with Gasteiger partial charge < -0.3 is 10.1 Å². The number of carbonyl (C=O) groups is 5. The quantitative estimate of drug-likeness (QED) is 0.565. The van der Waals surface area contributed by atoms with Gasteiger partial charge in [-0.2, -0.15) is 0 Å². The maximum Gasteiger partial charge on any atom is 0.326 e. The van der Waals surface area contributed by atoms with Gasteiger partial charge in [-0.15, -0.1) is 11.3 Å². The van der Waals surface area contributed by atoms with E-state index in [0.29, 0.717) is 17.7 Å². The first kappa shape index (κ1) is 18.1. The summed E-state index contributed by atoms with van der Waals surface area (Å²) < 4.78 is 4.76. The van der Waals surface area contributed by atoms with Crippen molar-refractivity contribution in [2.24, 2.45) is 0 Å². The summed E-state index contributed by atoms with van der Waals surface area (Å²) in [6.07, 6.45) is 2.78. The predicted octanol–water partition coefficient (Wildman–Crippen LogP) is 0.412. The second-order valence-corrected chi connectivity index (χ2v) is 7.07. The molecule has 1 saturated carbocycles. The SMILES string of the molecule is O=C(COC(=O)CN1C(=O)NC2(CCCC2)C1=O)NC(=O)c1cccs1. The summed E-state index contributed by atoms with van der Waals surface area (Å²) in [5.41, 5.74) is -0.901. The fourth-order valence-electron chi connectivity index (χ4n) is 3.09. The smallest absolute Gasteiger partial charge is 0.326 e. The molecule has 0 bridgehead atoms. The van der Waals surface area contributed by atoms with Gasteiger partial charge in [0, 0.05) is 0 Å². The molecular weight excluding hydrogens is 362 g/mol. The number of amides is 5. The number of hydrogen-bond acceptors (Lipinski definition) is 7. The van der Waals surface area contributed by atoms with Gasteiger partial charge in [0.25, 0.3) is 17.7 Å². The van der Waals surface area contributed by atoms with Crippen molar-refractivity contribution in [3.05, 3.63) is 22.4 Å². The molecule has 0 atom stereocenters. The van der Waals surface area contributed by atoms with Crippen molar-refractivity contribution < 1.29 is 28.7 Å². The topological polar surface area (TPSA) is 122 Å². The Morgan fingerprint density at radius 1 is 1.27 bits per heavy atom. The molecule has 2 fully saturated rings. The van der Waals surface area contributed by atoms with Gasteiger partial charge in [0.05, 0.1) is 4.88 Å². The molecule has 5 amide bonds. The highest BCUT2D eigenvalue weighted by molar-refractivity contribution is 7.12. The van der Waals surface area contributed by atoms with Crippen LogP contribution in [0.1, 0.15) is 35.4 Å². The van der Waals surface area contributed by atoms with Crippen molar-refractivity contribution in [3.8, 4) is 0 Å². The molecule has 10 heteroatoms. The third-order valence-electron chi connectivity index (χ3n) is 4.35. The van der Waals surface area contributed by atoms with Crippen LogP contribution < -0.4 is 10.6 Å². The lowest BCUT2D eigenvalue weighted by atomic mass is 9.98. The first-order valence-corrected chi connectivity index (χ1v) is 8.97. The van der Waals surface area contributed by atoms with Crippen molar-refractivity contribution in [1.82, 2.24) is 15.5 Å². The summed E-state index contributed by atoms with van der Waals surface area (Å²) in [4.78, 5) is 60.7. The van der Waals surface area contributed by atoms with Gasteiger partial charge in [-0.1, -0.05) is 18.9 Å². The lowest BCUT2D eigenvalue weighted by Crippen LogP contribution is -2.44. The predicted molar refractivity (Wildman–Crippen MR) is 89.2 cm³/mol. The molecule has 1 aromatic rings. The van der Waals surface area contributed by atoms with E-state index in [1.54, 1.807) is 17.5 Å². The van der Waals surface area contributed by atoms with Gasteiger partial charge in [0.15, 0.2) is 6.61 Å². The average Bonchev–Trinajstić information content (AvgIpc) is 3.32. The second kappa shape index (κ2) is 7.24. The molecule has 2 N–H and O–H groups in total. The van der Waals surface area contributed by atoms with Crippen LogP contribution in [-0.4, -0.2) is 53.3 Å². The zero-order valence-corrected chi connectivity index (χ0v) is 14.6. The van der Waals surface area contributed by atoms with Crippen molar-refractivity contribution in [3.63, 3.8) is 0 Å². The van der Waals surface area contributed by atoms with E-state index in [0.717, 1.165) is 17.7 Å². The zero-order valence-electron chi connectivity index (χ0n) is 13.8. The van der Waals surface area contributed by atoms with Crippen LogP contribution in [0, 0.1) is 0 Å². The maximum atomic E-state index is 12.4. The highest BCUT2D eigenvalue weighted by Crippen LogP contribution is 2.34.